The minimum absolute atomic E-state index is 0.158. The Morgan fingerprint density at radius 3 is 2.77 bits per heavy atom. The summed E-state index contributed by atoms with van der Waals surface area (Å²) in [6, 6.07) is 3.72. The number of carboxylic acid groups (broad SMARTS) is 1. The summed E-state index contributed by atoms with van der Waals surface area (Å²) < 4.78 is 0.702. The summed E-state index contributed by atoms with van der Waals surface area (Å²) >= 11 is 8.81. The minimum Gasteiger partial charge on any atom is -0.481 e. The molecule has 8 heteroatoms. The van der Waals surface area contributed by atoms with Crippen LogP contribution in [0, 0.1) is 5.41 Å². The number of thiazole rings is 1. The topological polar surface area (TPSA) is 79.3 Å². The van der Waals surface area contributed by atoms with Crippen LogP contribution in [0.2, 0.25) is 4.34 Å². The molecule has 1 saturated carbocycles. The number of hydrogen-bond acceptors (Lipinski definition) is 5. The van der Waals surface area contributed by atoms with Gasteiger partial charge in [0.1, 0.15) is 5.01 Å². The molecule has 1 aliphatic carbocycles. The summed E-state index contributed by atoms with van der Waals surface area (Å²) in [5.74, 6) is -1.04. The minimum atomic E-state index is -0.835. The van der Waals surface area contributed by atoms with Crippen LogP contribution >= 0.6 is 34.3 Å². The maximum absolute atomic E-state index is 11.9. The van der Waals surface area contributed by atoms with E-state index >= 15 is 0 Å². The molecule has 3 rings (SSSR count). The van der Waals surface area contributed by atoms with Gasteiger partial charge in [-0.05, 0) is 25.0 Å². The van der Waals surface area contributed by atoms with Crippen molar-refractivity contribution in [2.75, 3.05) is 6.54 Å². The van der Waals surface area contributed by atoms with Gasteiger partial charge in [-0.3, -0.25) is 9.59 Å². The molecule has 0 radical (unpaired) electrons. The van der Waals surface area contributed by atoms with Gasteiger partial charge in [0, 0.05) is 11.9 Å². The lowest BCUT2D eigenvalue weighted by Gasteiger charge is -2.10. The summed E-state index contributed by atoms with van der Waals surface area (Å²) in [6.45, 7) is 0.193. The predicted octanol–water partition coefficient (Wildman–Crippen LogP) is 3.05. The average molecular weight is 357 g/mol. The maximum Gasteiger partial charge on any atom is 0.311 e. The third kappa shape index (κ3) is 3.31. The molecule has 2 N–H and O–H groups in total. The van der Waals surface area contributed by atoms with Gasteiger partial charge in [-0.1, -0.05) is 11.6 Å². The number of nitrogens with zero attached hydrogens (tertiary/aromatic N) is 1. The van der Waals surface area contributed by atoms with E-state index in [2.05, 4.69) is 10.3 Å². The fourth-order valence-electron chi connectivity index (χ4n) is 2.04. The number of hydrogen-bond donors (Lipinski definition) is 2. The molecule has 5 nitrogen and oxygen atoms in total. The van der Waals surface area contributed by atoms with Crippen LogP contribution in [0.25, 0.3) is 9.88 Å². The third-order valence-corrected chi connectivity index (χ3v) is 5.90. The highest BCUT2D eigenvalue weighted by atomic mass is 35.5. The van der Waals surface area contributed by atoms with Crippen LogP contribution in [0.1, 0.15) is 18.5 Å². The lowest BCUT2D eigenvalue weighted by molar-refractivity contribution is -0.143. The van der Waals surface area contributed by atoms with Crippen LogP contribution in [-0.2, 0) is 16.0 Å². The summed E-state index contributed by atoms with van der Waals surface area (Å²) in [6.07, 6.45) is 1.41. The molecule has 2 heterocycles. The van der Waals surface area contributed by atoms with Crippen LogP contribution in [0.15, 0.2) is 17.5 Å². The predicted molar refractivity (Wildman–Crippen MR) is 86.5 cm³/mol. The highest BCUT2D eigenvalue weighted by Gasteiger charge is 2.50. The van der Waals surface area contributed by atoms with Crippen molar-refractivity contribution in [2.24, 2.45) is 5.41 Å². The van der Waals surface area contributed by atoms with Crippen LogP contribution in [-0.4, -0.2) is 28.5 Å². The lowest BCUT2D eigenvalue weighted by atomic mass is 10.1. The molecule has 2 aromatic rings. The van der Waals surface area contributed by atoms with Gasteiger partial charge in [-0.2, -0.15) is 0 Å². The Kier molecular flexibility index (Phi) is 4.20. The molecule has 2 aromatic heterocycles. The molecule has 116 valence electrons. The number of amides is 1. The van der Waals surface area contributed by atoms with Crippen molar-refractivity contribution in [3.63, 3.8) is 0 Å². The van der Waals surface area contributed by atoms with E-state index in [9.17, 15) is 9.59 Å². The number of thiophene rings is 1. The largest absolute Gasteiger partial charge is 0.481 e. The fourth-order valence-corrected chi connectivity index (χ4v) is 3.98. The summed E-state index contributed by atoms with van der Waals surface area (Å²) in [5.41, 5.74) is -0.0569. The Balaban J connectivity index is 1.56. The Hall–Kier alpha value is -1.44. The number of carboxylic acids is 1. The van der Waals surface area contributed by atoms with E-state index in [4.69, 9.17) is 16.7 Å². The Morgan fingerprint density at radius 1 is 1.41 bits per heavy atom. The third-order valence-electron chi connectivity index (χ3n) is 3.61. The normalized spacial score (nSPS) is 15.5. The van der Waals surface area contributed by atoms with Crippen molar-refractivity contribution in [1.82, 2.24) is 10.3 Å². The molecule has 0 aromatic carbocycles. The highest BCUT2D eigenvalue weighted by molar-refractivity contribution is 7.23. The molecule has 22 heavy (non-hydrogen) atoms. The van der Waals surface area contributed by atoms with Crippen molar-refractivity contribution in [1.29, 1.82) is 0 Å². The molecular weight excluding hydrogens is 344 g/mol. The number of nitrogens with one attached hydrogen (secondary N) is 1. The van der Waals surface area contributed by atoms with E-state index in [1.807, 2.05) is 17.5 Å². The fraction of sp³-hybridized carbons (Fsp3) is 0.357. The molecule has 1 aliphatic rings. The number of carbonyl (C=O) groups is 2. The highest BCUT2D eigenvalue weighted by Crippen LogP contribution is 2.45. The van der Waals surface area contributed by atoms with Crippen molar-refractivity contribution in [2.45, 2.75) is 19.3 Å². The van der Waals surface area contributed by atoms with E-state index in [1.165, 1.54) is 22.7 Å². The number of aliphatic carboxylic acids is 1. The zero-order valence-corrected chi connectivity index (χ0v) is 13.9. The second-order valence-electron chi connectivity index (χ2n) is 5.29. The molecule has 0 aliphatic heterocycles. The van der Waals surface area contributed by atoms with Crippen molar-refractivity contribution < 1.29 is 14.7 Å². The van der Waals surface area contributed by atoms with Gasteiger partial charge in [-0.15, -0.1) is 22.7 Å². The first-order valence-corrected chi connectivity index (χ1v) is 8.76. The molecular formula is C14H13ClN2O3S2. The molecule has 1 fully saturated rings. The SMILES string of the molecule is O=C(Cc1csc(-c2ccc(Cl)s2)n1)NCC1(C(=O)O)CC1. The second-order valence-corrected chi connectivity index (χ2v) is 7.86. The average Bonchev–Trinajstić information content (AvgIpc) is 2.93. The van der Waals surface area contributed by atoms with Crippen molar-refractivity contribution in [3.8, 4) is 9.88 Å². The summed E-state index contributed by atoms with van der Waals surface area (Å²) in [7, 11) is 0. The first-order chi connectivity index (χ1) is 10.5. The van der Waals surface area contributed by atoms with Gasteiger partial charge in [0.25, 0.3) is 0 Å². The van der Waals surface area contributed by atoms with Crippen LogP contribution in [0.5, 0.6) is 0 Å². The first-order valence-electron chi connectivity index (χ1n) is 6.69. The Morgan fingerprint density at radius 2 is 2.18 bits per heavy atom. The quantitative estimate of drug-likeness (QED) is 0.833. The van der Waals surface area contributed by atoms with Gasteiger partial charge >= 0.3 is 5.97 Å². The number of aromatic nitrogens is 1. The summed E-state index contributed by atoms with van der Waals surface area (Å²) in [5, 5.41) is 14.4. The lowest BCUT2D eigenvalue weighted by Crippen LogP contribution is -2.35. The van der Waals surface area contributed by atoms with Crippen molar-refractivity contribution >= 4 is 46.2 Å². The first kappa shape index (κ1) is 15.5. The maximum atomic E-state index is 11.9. The van der Waals surface area contributed by atoms with Crippen molar-refractivity contribution in [3.05, 3.63) is 27.5 Å². The Bertz CT molecular complexity index is 721. The molecule has 1 amide bonds. The molecule has 0 bridgehead atoms. The summed E-state index contributed by atoms with van der Waals surface area (Å²) in [4.78, 5) is 28.3. The number of rotatable bonds is 6. The zero-order chi connectivity index (χ0) is 15.7. The molecule has 0 spiro atoms. The molecule has 0 atom stereocenters. The van der Waals surface area contributed by atoms with E-state index in [0.29, 0.717) is 22.9 Å². The number of halogens is 1. The van der Waals surface area contributed by atoms with E-state index < -0.39 is 11.4 Å². The van der Waals surface area contributed by atoms with E-state index in [1.54, 1.807) is 0 Å². The zero-order valence-electron chi connectivity index (χ0n) is 11.5. The Labute approximate surface area is 140 Å². The van der Waals surface area contributed by atoms with Gasteiger partial charge in [0.05, 0.1) is 26.7 Å². The monoisotopic (exact) mass is 356 g/mol. The molecule has 0 unspecified atom stereocenters. The second kappa shape index (κ2) is 5.98. The van der Waals surface area contributed by atoms with Gasteiger partial charge < -0.3 is 10.4 Å². The standard InChI is InChI=1S/C14H13ClN2O3S2/c15-10-2-1-9(22-10)12-17-8(6-21-12)5-11(18)16-7-14(3-4-14)13(19)20/h1-2,6H,3-5,7H2,(H,16,18)(H,19,20). The molecule has 0 saturated heterocycles. The van der Waals surface area contributed by atoms with Gasteiger partial charge in [-0.25, -0.2) is 4.98 Å². The van der Waals surface area contributed by atoms with Crippen LogP contribution in [0.4, 0.5) is 0 Å². The van der Waals surface area contributed by atoms with Gasteiger partial charge in [0.15, 0.2) is 0 Å². The van der Waals surface area contributed by atoms with Crippen LogP contribution < -0.4 is 5.32 Å². The van der Waals surface area contributed by atoms with Gasteiger partial charge in [0.2, 0.25) is 5.91 Å². The van der Waals surface area contributed by atoms with Crippen LogP contribution in [0.3, 0.4) is 0 Å². The number of carbonyl (C=O) groups excluding carboxylic acids is 1. The smallest absolute Gasteiger partial charge is 0.311 e. The van der Waals surface area contributed by atoms with E-state index in [0.717, 1.165) is 9.88 Å². The van der Waals surface area contributed by atoms with E-state index in [-0.39, 0.29) is 18.9 Å².